The number of unbranched alkanes of at least 4 members (excludes halogenated alkanes) is 1. The fraction of sp³-hybridized carbons (Fsp3) is 0.545. The van der Waals surface area contributed by atoms with Gasteiger partial charge in [0, 0.05) is 17.8 Å². The number of nitrogens with zero attached hydrogens (tertiary/aromatic N) is 1. The van der Waals surface area contributed by atoms with Crippen molar-refractivity contribution in [3.8, 4) is 0 Å². The van der Waals surface area contributed by atoms with E-state index in [0.717, 1.165) is 9.88 Å². The van der Waals surface area contributed by atoms with E-state index in [-0.39, 0.29) is 12.3 Å². The average molecular weight is 256 g/mol. The topological polar surface area (TPSA) is 79.3 Å². The number of carbonyl (C=O) groups excluding carboxylic acids is 1. The first-order valence-electron chi connectivity index (χ1n) is 5.44. The number of carbonyl (C=O) groups is 2. The zero-order chi connectivity index (χ0) is 12.8. The van der Waals surface area contributed by atoms with Crippen LogP contribution in [0.4, 0.5) is 0 Å². The number of aliphatic carboxylic acids is 1. The Morgan fingerprint density at radius 2 is 2.06 bits per heavy atom. The number of hydrogen-bond acceptors (Lipinski definition) is 4. The zero-order valence-corrected chi connectivity index (χ0v) is 10.8. The van der Waals surface area contributed by atoms with E-state index >= 15 is 0 Å². The minimum Gasteiger partial charge on any atom is -0.481 e. The molecule has 0 radical (unpaired) electrons. The van der Waals surface area contributed by atoms with E-state index in [1.165, 1.54) is 11.3 Å². The molecule has 0 atom stereocenters. The van der Waals surface area contributed by atoms with Crippen molar-refractivity contribution in [3.05, 3.63) is 15.6 Å². The van der Waals surface area contributed by atoms with E-state index in [1.807, 2.05) is 13.8 Å². The lowest BCUT2D eigenvalue weighted by Gasteiger charge is -2.02. The van der Waals surface area contributed by atoms with Gasteiger partial charge in [-0.1, -0.05) is 0 Å². The van der Waals surface area contributed by atoms with E-state index in [9.17, 15) is 9.59 Å². The molecule has 1 heterocycles. The summed E-state index contributed by atoms with van der Waals surface area (Å²) in [6, 6.07) is 0. The normalized spacial score (nSPS) is 10.2. The Hall–Kier alpha value is -1.43. The number of aryl methyl sites for hydroxylation is 2. The summed E-state index contributed by atoms with van der Waals surface area (Å²) in [7, 11) is 0. The smallest absolute Gasteiger partial charge is 0.303 e. The van der Waals surface area contributed by atoms with E-state index in [2.05, 4.69) is 10.3 Å². The van der Waals surface area contributed by atoms with Gasteiger partial charge in [0.25, 0.3) is 5.91 Å². The van der Waals surface area contributed by atoms with Gasteiger partial charge in [0.05, 0.1) is 5.01 Å². The van der Waals surface area contributed by atoms with Gasteiger partial charge in [-0.15, -0.1) is 11.3 Å². The predicted octanol–water partition coefficient (Wildman–Crippen LogP) is 1.74. The standard InChI is InChI=1S/C11H16N2O3S/c1-7-10(13-8(2)17-7)11(16)12-6-4-3-5-9(14)15/h3-6H2,1-2H3,(H,12,16)(H,14,15). The number of carboxylic acids is 1. The molecule has 0 saturated carbocycles. The highest BCUT2D eigenvalue weighted by Crippen LogP contribution is 2.15. The van der Waals surface area contributed by atoms with Crippen LogP contribution < -0.4 is 5.32 Å². The number of nitrogens with one attached hydrogen (secondary N) is 1. The van der Waals surface area contributed by atoms with Crippen molar-refractivity contribution >= 4 is 23.2 Å². The van der Waals surface area contributed by atoms with Crippen molar-refractivity contribution in [3.63, 3.8) is 0 Å². The fourth-order valence-electron chi connectivity index (χ4n) is 1.43. The van der Waals surface area contributed by atoms with Gasteiger partial charge in [-0.2, -0.15) is 0 Å². The summed E-state index contributed by atoms with van der Waals surface area (Å²) in [5.41, 5.74) is 0.478. The molecule has 0 unspecified atom stereocenters. The van der Waals surface area contributed by atoms with Gasteiger partial charge in [0.1, 0.15) is 5.69 Å². The van der Waals surface area contributed by atoms with Crippen molar-refractivity contribution in [2.24, 2.45) is 0 Å². The third kappa shape index (κ3) is 4.52. The number of rotatable bonds is 6. The van der Waals surface area contributed by atoms with Crippen LogP contribution in [0.3, 0.4) is 0 Å². The molecule has 0 saturated heterocycles. The predicted molar refractivity (Wildman–Crippen MR) is 65.4 cm³/mol. The Kier molecular flexibility index (Phi) is 5.09. The van der Waals surface area contributed by atoms with Crippen molar-refractivity contribution in [1.82, 2.24) is 10.3 Å². The quantitative estimate of drug-likeness (QED) is 0.760. The van der Waals surface area contributed by atoms with Gasteiger partial charge in [0.2, 0.25) is 0 Å². The Morgan fingerprint density at radius 1 is 1.35 bits per heavy atom. The van der Waals surface area contributed by atoms with Gasteiger partial charge in [0.15, 0.2) is 0 Å². The number of aromatic nitrogens is 1. The number of carboxylic acid groups (broad SMARTS) is 1. The molecule has 2 N–H and O–H groups in total. The maximum Gasteiger partial charge on any atom is 0.303 e. The van der Waals surface area contributed by atoms with Crippen LogP contribution in [0, 0.1) is 13.8 Å². The highest BCUT2D eigenvalue weighted by atomic mass is 32.1. The Balaban J connectivity index is 2.30. The molecule has 6 heteroatoms. The molecule has 1 amide bonds. The summed E-state index contributed by atoms with van der Waals surface area (Å²) in [5, 5.41) is 12.1. The van der Waals surface area contributed by atoms with Crippen LogP contribution in [0.2, 0.25) is 0 Å². The van der Waals surface area contributed by atoms with Gasteiger partial charge >= 0.3 is 5.97 Å². The summed E-state index contributed by atoms with van der Waals surface area (Å²) in [5.74, 6) is -0.982. The molecule has 0 aliphatic rings. The molecule has 0 spiro atoms. The third-order valence-electron chi connectivity index (χ3n) is 2.22. The molecule has 0 aliphatic heterocycles. The average Bonchev–Trinajstić information content (AvgIpc) is 2.56. The molecule has 0 fully saturated rings. The minimum atomic E-state index is -0.803. The lowest BCUT2D eigenvalue weighted by atomic mass is 10.2. The first-order chi connectivity index (χ1) is 8.00. The van der Waals surface area contributed by atoms with Crippen LogP contribution in [-0.4, -0.2) is 28.5 Å². The number of amides is 1. The van der Waals surface area contributed by atoms with Crippen LogP contribution in [0.1, 0.15) is 39.6 Å². The fourth-order valence-corrected chi connectivity index (χ4v) is 2.24. The zero-order valence-electron chi connectivity index (χ0n) is 9.95. The second kappa shape index (κ2) is 6.34. The van der Waals surface area contributed by atoms with Crippen molar-refractivity contribution in [1.29, 1.82) is 0 Å². The van der Waals surface area contributed by atoms with Crippen LogP contribution in [-0.2, 0) is 4.79 Å². The lowest BCUT2D eigenvalue weighted by molar-refractivity contribution is -0.137. The summed E-state index contributed by atoms with van der Waals surface area (Å²) in [6.45, 7) is 4.22. The van der Waals surface area contributed by atoms with Gasteiger partial charge in [-0.05, 0) is 26.7 Å². The maximum atomic E-state index is 11.7. The molecule has 0 bridgehead atoms. The summed E-state index contributed by atoms with van der Waals surface area (Å²) in [6.07, 6.45) is 1.38. The molecule has 5 nitrogen and oxygen atoms in total. The van der Waals surface area contributed by atoms with E-state index in [1.54, 1.807) is 0 Å². The van der Waals surface area contributed by atoms with Crippen molar-refractivity contribution < 1.29 is 14.7 Å². The molecule has 1 rings (SSSR count). The molecule has 0 aromatic carbocycles. The minimum absolute atomic E-state index is 0.144. The molecule has 94 valence electrons. The number of hydrogen-bond donors (Lipinski definition) is 2. The van der Waals surface area contributed by atoms with Crippen molar-refractivity contribution in [2.45, 2.75) is 33.1 Å². The van der Waals surface area contributed by atoms with Gasteiger partial charge < -0.3 is 10.4 Å². The highest BCUT2D eigenvalue weighted by Gasteiger charge is 2.12. The summed E-state index contributed by atoms with van der Waals surface area (Å²) >= 11 is 1.50. The second-order valence-corrected chi connectivity index (χ2v) is 5.15. The first-order valence-corrected chi connectivity index (χ1v) is 6.26. The molecular formula is C11H16N2O3S. The van der Waals surface area contributed by atoms with Crippen LogP contribution in [0.25, 0.3) is 0 Å². The Bertz CT molecular complexity index is 415. The Labute approximate surface area is 104 Å². The van der Waals surface area contributed by atoms with Gasteiger partial charge in [-0.25, -0.2) is 4.98 Å². The molecule has 1 aromatic heterocycles. The largest absolute Gasteiger partial charge is 0.481 e. The number of thiazole rings is 1. The maximum absolute atomic E-state index is 11.7. The van der Waals surface area contributed by atoms with Crippen LogP contribution >= 0.6 is 11.3 Å². The molecule has 1 aromatic rings. The molecule has 0 aliphatic carbocycles. The van der Waals surface area contributed by atoms with E-state index < -0.39 is 5.97 Å². The summed E-state index contributed by atoms with van der Waals surface area (Å²) < 4.78 is 0. The van der Waals surface area contributed by atoms with Crippen molar-refractivity contribution in [2.75, 3.05) is 6.54 Å². The van der Waals surface area contributed by atoms with E-state index in [0.29, 0.717) is 25.1 Å². The Morgan fingerprint density at radius 3 is 2.59 bits per heavy atom. The van der Waals surface area contributed by atoms with Gasteiger partial charge in [-0.3, -0.25) is 9.59 Å². The van der Waals surface area contributed by atoms with Crippen LogP contribution in [0.15, 0.2) is 0 Å². The first kappa shape index (κ1) is 13.6. The second-order valence-electron chi connectivity index (χ2n) is 3.74. The summed E-state index contributed by atoms with van der Waals surface area (Å²) in [4.78, 5) is 27.0. The SMILES string of the molecule is Cc1nc(C(=O)NCCCCC(=O)O)c(C)s1. The van der Waals surface area contributed by atoms with Crippen LogP contribution in [0.5, 0.6) is 0 Å². The van der Waals surface area contributed by atoms with E-state index in [4.69, 9.17) is 5.11 Å². The highest BCUT2D eigenvalue weighted by molar-refractivity contribution is 7.11. The molecule has 17 heavy (non-hydrogen) atoms. The lowest BCUT2D eigenvalue weighted by Crippen LogP contribution is -2.25. The monoisotopic (exact) mass is 256 g/mol. The molecular weight excluding hydrogens is 240 g/mol. The third-order valence-corrected chi connectivity index (χ3v) is 3.11.